The summed E-state index contributed by atoms with van der Waals surface area (Å²) in [5.74, 6) is 0.253. The number of ketones is 1. The van der Waals surface area contributed by atoms with E-state index in [0.29, 0.717) is 5.75 Å². The smallest absolute Gasteiger partial charge is 0.273 e. The molecule has 0 aliphatic carbocycles. The van der Waals surface area contributed by atoms with Gasteiger partial charge < -0.3 is 4.74 Å². The summed E-state index contributed by atoms with van der Waals surface area (Å²) in [6.07, 6.45) is -0.597. The number of carbonyl (C=O) groups excluding carboxylic acids is 1. The molecule has 1 rings (SSSR count). The number of aryl methyl sites for hydroxylation is 1. The molecule has 0 radical (unpaired) electrons. The molecule has 0 saturated heterocycles. The van der Waals surface area contributed by atoms with Gasteiger partial charge in [-0.15, -0.1) is 0 Å². The summed E-state index contributed by atoms with van der Waals surface area (Å²) >= 11 is 0. The third kappa shape index (κ3) is 2.79. The molecule has 1 aromatic carbocycles. The Morgan fingerprint density at radius 3 is 2.62 bits per heavy atom. The lowest BCUT2D eigenvalue weighted by Crippen LogP contribution is -2.21. The first-order chi connectivity index (χ1) is 7.41. The van der Waals surface area contributed by atoms with E-state index in [9.17, 15) is 14.9 Å². The third-order valence-corrected chi connectivity index (χ3v) is 2.26. The number of carbonyl (C=O) groups is 1. The van der Waals surface area contributed by atoms with E-state index in [0.717, 1.165) is 5.56 Å². The predicted octanol–water partition coefficient (Wildman–Crippen LogP) is 2.26. The lowest BCUT2D eigenvalue weighted by atomic mass is 10.2. The first-order valence-electron chi connectivity index (χ1n) is 4.84. The summed E-state index contributed by atoms with van der Waals surface area (Å²) in [5.41, 5.74) is 0.718. The van der Waals surface area contributed by atoms with E-state index >= 15 is 0 Å². The topological polar surface area (TPSA) is 69.4 Å². The largest absolute Gasteiger partial charge is 0.482 e. The van der Waals surface area contributed by atoms with Gasteiger partial charge in [0.15, 0.2) is 11.9 Å². The monoisotopic (exact) mass is 223 g/mol. The van der Waals surface area contributed by atoms with Crippen LogP contribution in [0.1, 0.15) is 19.4 Å². The van der Waals surface area contributed by atoms with Gasteiger partial charge in [0.2, 0.25) is 0 Å². The molecule has 0 aromatic heterocycles. The second-order valence-electron chi connectivity index (χ2n) is 3.58. The van der Waals surface area contributed by atoms with Gasteiger partial charge in [0, 0.05) is 6.07 Å². The Kier molecular flexibility index (Phi) is 3.60. The van der Waals surface area contributed by atoms with Crippen molar-refractivity contribution in [3.8, 4) is 5.75 Å². The number of nitrogens with zero attached hydrogens (tertiary/aromatic N) is 1. The lowest BCUT2D eigenvalue weighted by Gasteiger charge is -2.13. The second kappa shape index (κ2) is 4.74. The molecule has 1 aromatic rings. The summed E-state index contributed by atoms with van der Waals surface area (Å²) in [6, 6.07) is 4.33. The van der Waals surface area contributed by atoms with Crippen LogP contribution >= 0.6 is 0 Å². The summed E-state index contributed by atoms with van der Waals surface area (Å²) < 4.78 is 5.34. The van der Waals surface area contributed by atoms with Crippen LogP contribution in [-0.2, 0) is 4.79 Å². The fourth-order valence-electron chi connectivity index (χ4n) is 1.10. The minimum Gasteiger partial charge on any atom is -0.482 e. The molecule has 0 saturated carbocycles. The van der Waals surface area contributed by atoms with Crippen molar-refractivity contribution in [1.29, 1.82) is 0 Å². The third-order valence-electron chi connectivity index (χ3n) is 2.26. The Balaban J connectivity index is 2.98. The summed E-state index contributed by atoms with van der Waals surface area (Å²) in [6.45, 7) is 4.80. The molecule has 5 heteroatoms. The van der Waals surface area contributed by atoms with Gasteiger partial charge in [-0.3, -0.25) is 14.9 Å². The predicted molar refractivity (Wildman–Crippen MR) is 58.6 cm³/mol. The van der Waals surface area contributed by atoms with E-state index in [-0.39, 0.29) is 11.5 Å². The molecule has 1 atom stereocenters. The molecule has 0 aliphatic rings. The molecule has 5 nitrogen and oxygen atoms in total. The highest BCUT2D eigenvalue weighted by atomic mass is 16.6. The highest BCUT2D eigenvalue weighted by Gasteiger charge is 2.14. The Morgan fingerprint density at radius 1 is 1.50 bits per heavy atom. The van der Waals surface area contributed by atoms with Crippen LogP contribution in [0.15, 0.2) is 18.2 Å². The van der Waals surface area contributed by atoms with E-state index < -0.39 is 11.0 Å². The molecule has 86 valence electrons. The average molecular weight is 223 g/mol. The Labute approximate surface area is 93.2 Å². The fourth-order valence-corrected chi connectivity index (χ4v) is 1.10. The lowest BCUT2D eigenvalue weighted by molar-refractivity contribution is -0.385. The number of nitro groups is 1. The van der Waals surface area contributed by atoms with Gasteiger partial charge in [-0.1, -0.05) is 0 Å². The van der Waals surface area contributed by atoms with Crippen LogP contribution in [0.4, 0.5) is 5.69 Å². The van der Waals surface area contributed by atoms with Gasteiger partial charge in [-0.05, 0) is 32.4 Å². The SMILES string of the molecule is CC(=O)C(C)Oc1cc([N+](=O)[O-])ccc1C. The van der Waals surface area contributed by atoms with Crippen LogP contribution < -0.4 is 4.74 Å². The minimum atomic E-state index is -0.597. The molecule has 0 N–H and O–H groups in total. The van der Waals surface area contributed by atoms with Crippen molar-refractivity contribution in [1.82, 2.24) is 0 Å². The van der Waals surface area contributed by atoms with Crippen LogP contribution in [0, 0.1) is 17.0 Å². The molecule has 0 amide bonds. The number of rotatable bonds is 4. The first kappa shape index (κ1) is 12.2. The number of nitro benzene ring substituents is 1. The molecule has 0 spiro atoms. The van der Waals surface area contributed by atoms with Crippen molar-refractivity contribution in [2.45, 2.75) is 26.9 Å². The number of hydrogen-bond acceptors (Lipinski definition) is 4. The van der Waals surface area contributed by atoms with Gasteiger partial charge in [0.1, 0.15) is 5.75 Å². The number of Topliss-reactive ketones (excluding diaryl/α,β-unsaturated/α-hetero) is 1. The van der Waals surface area contributed by atoms with Gasteiger partial charge in [0.25, 0.3) is 5.69 Å². The van der Waals surface area contributed by atoms with Gasteiger partial charge >= 0.3 is 0 Å². The molecule has 1 unspecified atom stereocenters. The molecule has 0 bridgehead atoms. The highest BCUT2D eigenvalue weighted by Crippen LogP contribution is 2.24. The molecular weight excluding hydrogens is 210 g/mol. The van der Waals surface area contributed by atoms with E-state index in [1.807, 2.05) is 0 Å². The zero-order valence-corrected chi connectivity index (χ0v) is 9.39. The highest BCUT2D eigenvalue weighted by molar-refractivity contribution is 5.80. The van der Waals surface area contributed by atoms with Gasteiger partial charge in [-0.2, -0.15) is 0 Å². The van der Waals surface area contributed by atoms with Gasteiger partial charge in [-0.25, -0.2) is 0 Å². The Bertz CT molecular complexity index is 428. The number of benzene rings is 1. The van der Waals surface area contributed by atoms with Crippen molar-refractivity contribution in [2.75, 3.05) is 0 Å². The van der Waals surface area contributed by atoms with E-state index in [1.54, 1.807) is 19.9 Å². The maximum Gasteiger partial charge on any atom is 0.273 e. The molecular formula is C11H13NO4. The Morgan fingerprint density at radius 2 is 2.12 bits per heavy atom. The maximum absolute atomic E-state index is 11.0. The van der Waals surface area contributed by atoms with Crippen molar-refractivity contribution in [3.05, 3.63) is 33.9 Å². The zero-order chi connectivity index (χ0) is 12.3. The quantitative estimate of drug-likeness (QED) is 0.579. The van der Waals surface area contributed by atoms with Crippen molar-refractivity contribution in [2.24, 2.45) is 0 Å². The number of non-ortho nitro benzene ring substituents is 1. The van der Waals surface area contributed by atoms with Crippen molar-refractivity contribution < 1.29 is 14.5 Å². The van der Waals surface area contributed by atoms with Crippen LogP contribution in [0.25, 0.3) is 0 Å². The van der Waals surface area contributed by atoms with Crippen molar-refractivity contribution in [3.63, 3.8) is 0 Å². The molecule has 0 aliphatic heterocycles. The molecule has 0 fully saturated rings. The standard InChI is InChI=1S/C11H13NO4/c1-7-4-5-10(12(14)15)6-11(7)16-9(3)8(2)13/h4-6,9H,1-3H3. The summed E-state index contributed by atoms with van der Waals surface area (Å²) in [7, 11) is 0. The second-order valence-corrected chi connectivity index (χ2v) is 3.58. The number of ether oxygens (including phenoxy) is 1. The maximum atomic E-state index is 11.0. The Hall–Kier alpha value is -1.91. The molecule has 0 heterocycles. The van der Waals surface area contributed by atoms with Gasteiger partial charge in [0.05, 0.1) is 11.0 Å². The van der Waals surface area contributed by atoms with Crippen LogP contribution in [0.2, 0.25) is 0 Å². The van der Waals surface area contributed by atoms with Crippen LogP contribution in [-0.4, -0.2) is 16.8 Å². The minimum absolute atomic E-state index is 0.0450. The first-order valence-corrected chi connectivity index (χ1v) is 4.84. The summed E-state index contributed by atoms with van der Waals surface area (Å²) in [5, 5.41) is 10.6. The van der Waals surface area contributed by atoms with Crippen LogP contribution in [0.5, 0.6) is 5.75 Å². The molecule has 16 heavy (non-hydrogen) atoms. The zero-order valence-electron chi connectivity index (χ0n) is 9.39. The fraction of sp³-hybridized carbons (Fsp3) is 0.364. The summed E-state index contributed by atoms with van der Waals surface area (Å²) in [4.78, 5) is 21.1. The normalized spacial score (nSPS) is 11.9. The van der Waals surface area contributed by atoms with E-state index in [4.69, 9.17) is 4.74 Å². The average Bonchev–Trinajstić information content (AvgIpc) is 2.20. The van der Waals surface area contributed by atoms with Crippen LogP contribution in [0.3, 0.4) is 0 Å². The van der Waals surface area contributed by atoms with E-state index in [2.05, 4.69) is 0 Å². The number of hydrogen-bond donors (Lipinski definition) is 0. The van der Waals surface area contributed by atoms with E-state index in [1.165, 1.54) is 19.1 Å². The van der Waals surface area contributed by atoms with Crippen molar-refractivity contribution >= 4 is 11.5 Å².